The van der Waals surface area contributed by atoms with Gasteiger partial charge >= 0.3 is 11.9 Å². The average molecular weight is 436 g/mol. The van der Waals surface area contributed by atoms with E-state index in [0.29, 0.717) is 0 Å². The maximum atomic E-state index is 12.9. The van der Waals surface area contributed by atoms with Crippen LogP contribution in [0.4, 0.5) is 0 Å². The van der Waals surface area contributed by atoms with Crippen molar-refractivity contribution in [1.82, 2.24) is 5.32 Å². The number of thioether (sulfide) groups is 1. The quantitative estimate of drug-likeness (QED) is 0.677. The van der Waals surface area contributed by atoms with Gasteiger partial charge in [0.05, 0.1) is 0 Å². The molecule has 1 saturated heterocycles. The molecule has 1 fully saturated rings. The third-order valence-corrected chi connectivity index (χ3v) is 6.47. The number of carbonyl (C=O) groups excluding carboxylic acids is 2. The van der Waals surface area contributed by atoms with Crippen molar-refractivity contribution in [2.75, 3.05) is 7.11 Å². The van der Waals surface area contributed by atoms with Gasteiger partial charge in [-0.05, 0) is 40.2 Å². The summed E-state index contributed by atoms with van der Waals surface area (Å²) in [5.41, 5.74) is 4.75. The number of esters is 2. The predicted octanol–water partition coefficient (Wildman–Crippen LogP) is 2.14. The lowest BCUT2D eigenvalue weighted by molar-refractivity contribution is -0.161. The van der Waals surface area contributed by atoms with E-state index < -0.39 is 45.5 Å². The van der Waals surface area contributed by atoms with Crippen molar-refractivity contribution in [2.24, 2.45) is 10.7 Å². The molecule has 0 saturated carbocycles. The van der Waals surface area contributed by atoms with E-state index in [2.05, 4.69) is 10.3 Å². The molecule has 1 aromatic rings. The molecule has 4 unspecified atom stereocenters. The number of nitrogens with two attached hydrogens (primary N) is 1. The molecule has 1 aromatic carbocycles. The molecule has 0 spiro atoms. The average Bonchev–Trinajstić information content (AvgIpc) is 3.17. The number of hydrogen-bond acceptors (Lipinski definition) is 9. The number of ether oxygens (including phenoxy) is 3. The molecule has 0 aliphatic carbocycles. The van der Waals surface area contributed by atoms with Crippen LogP contribution >= 0.6 is 11.8 Å². The van der Waals surface area contributed by atoms with Crippen molar-refractivity contribution in [2.45, 2.75) is 68.1 Å². The van der Waals surface area contributed by atoms with Crippen LogP contribution in [0.3, 0.4) is 0 Å². The summed E-state index contributed by atoms with van der Waals surface area (Å²) >= 11 is 1.38. The molecule has 3 N–H and O–H groups in total. The minimum atomic E-state index is -1.65. The predicted molar refractivity (Wildman–Crippen MR) is 115 cm³/mol. The minimum absolute atomic E-state index is 0.0778. The molecule has 0 amide bonds. The lowest BCUT2D eigenvalue weighted by Gasteiger charge is -2.27. The lowest BCUT2D eigenvalue weighted by Crippen LogP contribution is -2.54. The molecule has 30 heavy (non-hydrogen) atoms. The highest BCUT2D eigenvalue weighted by atomic mass is 32.2. The third-order valence-electron chi connectivity index (χ3n) is 4.93. The molecule has 2 aliphatic heterocycles. The first-order valence-corrected chi connectivity index (χ1v) is 10.6. The van der Waals surface area contributed by atoms with Crippen LogP contribution < -0.4 is 11.1 Å². The fourth-order valence-electron chi connectivity index (χ4n) is 3.40. The zero-order valence-electron chi connectivity index (χ0n) is 18.1. The Balaban J connectivity index is 1.88. The Labute approximate surface area is 180 Å². The first-order chi connectivity index (χ1) is 13.9. The van der Waals surface area contributed by atoms with Crippen LogP contribution in [-0.2, 0) is 23.8 Å². The van der Waals surface area contributed by atoms with Gasteiger partial charge in [-0.25, -0.2) is 9.79 Å². The van der Waals surface area contributed by atoms with E-state index in [-0.39, 0.29) is 5.90 Å². The molecule has 0 aromatic heterocycles. The molecule has 0 radical (unpaired) electrons. The van der Waals surface area contributed by atoms with Crippen LogP contribution in [-0.4, -0.2) is 52.4 Å². The summed E-state index contributed by atoms with van der Waals surface area (Å²) in [5, 5.41) is 2.52. The maximum absolute atomic E-state index is 12.9. The van der Waals surface area contributed by atoms with Crippen LogP contribution in [0.5, 0.6) is 0 Å². The molecular weight excluding hydrogens is 406 g/mol. The number of nitrogens with one attached hydrogen (secondary N) is 1. The summed E-state index contributed by atoms with van der Waals surface area (Å²) in [4.78, 5) is 30.1. The summed E-state index contributed by atoms with van der Waals surface area (Å²) in [6.07, 6.45) is 0. The summed E-state index contributed by atoms with van der Waals surface area (Å²) in [5.74, 6) is -0.990. The Morgan fingerprint density at radius 3 is 2.50 bits per heavy atom. The summed E-state index contributed by atoms with van der Waals surface area (Å²) in [6, 6.07) is 7.85. The Morgan fingerprint density at radius 1 is 1.30 bits per heavy atom. The zero-order valence-corrected chi connectivity index (χ0v) is 18.9. The molecule has 9 heteroatoms. The second-order valence-corrected chi connectivity index (χ2v) is 10.6. The van der Waals surface area contributed by atoms with E-state index in [0.717, 1.165) is 5.56 Å². The number of carbonyl (C=O) groups is 2. The highest BCUT2D eigenvalue weighted by Gasteiger charge is 2.61. The van der Waals surface area contributed by atoms with Gasteiger partial charge in [-0.3, -0.25) is 10.1 Å². The monoisotopic (exact) mass is 435 g/mol. The van der Waals surface area contributed by atoms with Gasteiger partial charge in [-0.15, -0.1) is 11.8 Å². The third kappa shape index (κ3) is 4.25. The topological polar surface area (TPSA) is 112 Å². The van der Waals surface area contributed by atoms with Crippen molar-refractivity contribution in [3.05, 3.63) is 35.9 Å². The molecule has 164 valence electrons. The van der Waals surface area contributed by atoms with Gasteiger partial charge < -0.3 is 19.9 Å². The Kier molecular flexibility index (Phi) is 6.03. The Bertz CT molecular complexity index is 852. The second kappa shape index (κ2) is 7.96. The molecule has 4 atom stereocenters. The van der Waals surface area contributed by atoms with Crippen molar-refractivity contribution >= 4 is 29.6 Å². The van der Waals surface area contributed by atoms with Gasteiger partial charge in [0.25, 0.3) is 5.72 Å². The molecule has 2 aliphatic rings. The number of hydrogen-bond donors (Lipinski definition) is 2. The number of aliphatic imine (C=N–C) groups is 1. The van der Waals surface area contributed by atoms with Crippen LogP contribution in [0.1, 0.15) is 46.2 Å². The van der Waals surface area contributed by atoms with Crippen molar-refractivity contribution in [3.63, 3.8) is 0 Å². The molecule has 8 nitrogen and oxygen atoms in total. The SMILES string of the molecule is COC1(C2NC(C(=O)OC(C)(C)C)C(C)(C)S2)N=C(C(N)c2ccccc2)OC1=O. The fourth-order valence-corrected chi connectivity index (χ4v) is 4.92. The van der Waals surface area contributed by atoms with Crippen molar-refractivity contribution in [1.29, 1.82) is 0 Å². The normalized spacial score (nSPS) is 29.3. The summed E-state index contributed by atoms with van der Waals surface area (Å²) < 4.78 is 16.0. The fraction of sp³-hybridized carbons (Fsp3) is 0.571. The van der Waals surface area contributed by atoms with Gasteiger partial charge in [-0.1, -0.05) is 30.3 Å². The largest absolute Gasteiger partial charge is 0.459 e. The molecular formula is C21H29N3O5S. The first kappa shape index (κ1) is 22.7. The lowest BCUT2D eigenvalue weighted by atomic mass is 10.0. The maximum Gasteiger partial charge on any atom is 0.371 e. The summed E-state index contributed by atoms with van der Waals surface area (Å²) in [7, 11) is 1.39. The number of benzene rings is 1. The Morgan fingerprint density at radius 2 is 1.93 bits per heavy atom. The highest BCUT2D eigenvalue weighted by molar-refractivity contribution is 8.01. The Hall–Kier alpha value is -1.94. The van der Waals surface area contributed by atoms with Gasteiger partial charge in [0, 0.05) is 11.9 Å². The standard InChI is InChI=1S/C21H29N3O5S/c1-19(2,3)29-16(25)14-20(4,5)30-17(23-14)21(27-6)18(26)28-15(24-21)13(22)12-10-8-7-9-11-12/h7-11,13-14,17,23H,22H2,1-6H3. The van der Waals surface area contributed by atoms with E-state index >= 15 is 0 Å². The van der Waals surface area contributed by atoms with E-state index in [1.165, 1.54) is 18.9 Å². The van der Waals surface area contributed by atoms with Gasteiger partial charge in [0.2, 0.25) is 5.90 Å². The van der Waals surface area contributed by atoms with Gasteiger partial charge in [0.15, 0.2) is 0 Å². The molecule has 2 heterocycles. The molecule has 3 rings (SSSR count). The van der Waals surface area contributed by atoms with Crippen LogP contribution in [0.2, 0.25) is 0 Å². The van der Waals surface area contributed by atoms with E-state index in [1.54, 1.807) is 0 Å². The van der Waals surface area contributed by atoms with E-state index in [4.69, 9.17) is 19.9 Å². The second-order valence-electron chi connectivity index (χ2n) is 8.86. The first-order valence-electron chi connectivity index (χ1n) is 9.74. The van der Waals surface area contributed by atoms with Crippen LogP contribution in [0.15, 0.2) is 35.3 Å². The number of rotatable bonds is 5. The van der Waals surface area contributed by atoms with Crippen LogP contribution in [0.25, 0.3) is 0 Å². The van der Waals surface area contributed by atoms with E-state index in [1.807, 2.05) is 65.0 Å². The van der Waals surface area contributed by atoms with Crippen LogP contribution in [0, 0.1) is 0 Å². The van der Waals surface area contributed by atoms with Crippen molar-refractivity contribution < 1.29 is 23.8 Å². The minimum Gasteiger partial charge on any atom is -0.459 e. The number of cyclic esters (lactones) is 1. The zero-order chi connectivity index (χ0) is 22.3. The van der Waals surface area contributed by atoms with Gasteiger partial charge in [0.1, 0.15) is 23.1 Å². The molecule has 0 bridgehead atoms. The number of methoxy groups -OCH3 is 1. The van der Waals surface area contributed by atoms with Crippen molar-refractivity contribution in [3.8, 4) is 0 Å². The highest BCUT2D eigenvalue weighted by Crippen LogP contribution is 2.46. The summed E-state index contributed by atoms with van der Waals surface area (Å²) in [6.45, 7) is 9.24. The smallest absolute Gasteiger partial charge is 0.371 e. The number of nitrogens with zero attached hydrogens (tertiary/aromatic N) is 1. The van der Waals surface area contributed by atoms with Gasteiger partial charge in [-0.2, -0.15) is 0 Å². The van der Waals surface area contributed by atoms with E-state index in [9.17, 15) is 9.59 Å².